The zero-order chi connectivity index (χ0) is 12.0. The van der Waals surface area contributed by atoms with Crippen molar-refractivity contribution in [3.63, 3.8) is 0 Å². The zero-order valence-corrected chi connectivity index (χ0v) is 10.7. The highest BCUT2D eigenvalue weighted by molar-refractivity contribution is 4.93. The average molecular weight is 224 g/mol. The summed E-state index contributed by atoms with van der Waals surface area (Å²) in [7, 11) is 2.19. The molecule has 0 aromatic rings. The Hall–Kier alpha value is -0.630. The molecule has 1 N–H and O–H groups in total. The van der Waals surface area contributed by atoms with Crippen LogP contribution in [0.3, 0.4) is 0 Å². The molecule has 0 aliphatic carbocycles. The SMILES string of the molecule is CCNC(C#N)CN1CCN(C)C(CC)C1. The zero-order valence-electron chi connectivity index (χ0n) is 10.7. The summed E-state index contributed by atoms with van der Waals surface area (Å²) in [5.74, 6) is 0. The molecule has 0 bridgehead atoms. The Labute approximate surface area is 99.2 Å². The Morgan fingerprint density at radius 1 is 1.44 bits per heavy atom. The Morgan fingerprint density at radius 2 is 2.19 bits per heavy atom. The van der Waals surface area contributed by atoms with Gasteiger partial charge in [0.15, 0.2) is 0 Å². The molecule has 4 heteroatoms. The Kier molecular flexibility index (Phi) is 5.75. The van der Waals surface area contributed by atoms with Crippen LogP contribution in [0.2, 0.25) is 0 Å². The molecular formula is C12H24N4. The normalized spacial score (nSPS) is 25.2. The van der Waals surface area contributed by atoms with Gasteiger partial charge in [-0.1, -0.05) is 13.8 Å². The van der Waals surface area contributed by atoms with Crippen molar-refractivity contribution in [1.82, 2.24) is 15.1 Å². The van der Waals surface area contributed by atoms with Crippen molar-refractivity contribution in [2.24, 2.45) is 0 Å². The van der Waals surface area contributed by atoms with E-state index in [1.54, 1.807) is 0 Å². The number of hydrogen-bond donors (Lipinski definition) is 1. The van der Waals surface area contributed by atoms with Gasteiger partial charge in [-0.2, -0.15) is 5.26 Å². The average Bonchev–Trinajstić information content (AvgIpc) is 2.30. The summed E-state index contributed by atoms with van der Waals surface area (Å²) < 4.78 is 0. The lowest BCUT2D eigenvalue weighted by Crippen LogP contribution is -2.54. The van der Waals surface area contributed by atoms with Gasteiger partial charge in [0.05, 0.1) is 6.07 Å². The molecule has 4 nitrogen and oxygen atoms in total. The highest BCUT2D eigenvalue weighted by Gasteiger charge is 2.24. The molecular weight excluding hydrogens is 200 g/mol. The van der Waals surface area contributed by atoms with Crippen molar-refractivity contribution >= 4 is 0 Å². The van der Waals surface area contributed by atoms with Gasteiger partial charge in [-0.25, -0.2) is 0 Å². The van der Waals surface area contributed by atoms with Crippen LogP contribution in [0.4, 0.5) is 0 Å². The molecule has 2 unspecified atom stereocenters. The number of nitrogens with zero attached hydrogens (tertiary/aromatic N) is 3. The molecule has 1 rings (SSSR count). The van der Waals surface area contributed by atoms with Crippen LogP contribution in [0.25, 0.3) is 0 Å². The quantitative estimate of drug-likeness (QED) is 0.739. The minimum Gasteiger partial charge on any atom is -0.301 e. The lowest BCUT2D eigenvalue weighted by molar-refractivity contribution is 0.0900. The summed E-state index contributed by atoms with van der Waals surface area (Å²) in [4.78, 5) is 4.83. The van der Waals surface area contributed by atoms with Crippen molar-refractivity contribution in [2.75, 3.05) is 39.8 Å². The fraction of sp³-hybridized carbons (Fsp3) is 0.917. The standard InChI is InChI=1S/C12H24N4/c1-4-12-10-16(7-6-15(12)3)9-11(8-13)14-5-2/h11-12,14H,4-7,9-10H2,1-3H3. The van der Waals surface area contributed by atoms with Crippen LogP contribution < -0.4 is 5.32 Å². The van der Waals surface area contributed by atoms with Crippen LogP contribution in [0.1, 0.15) is 20.3 Å². The van der Waals surface area contributed by atoms with Gasteiger partial charge in [-0.15, -0.1) is 0 Å². The van der Waals surface area contributed by atoms with E-state index < -0.39 is 0 Å². The first-order valence-electron chi connectivity index (χ1n) is 6.26. The van der Waals surface area contributed by atoms with Crippen LogP contribution >= 0.6 is 0 Å². The Balaban J connectivity index is 2.40. The van der Waals surface area contributed by atoms with Crippen molar-refractivity contribution in [3.05, 3.63) is 0 Å². The van der Waals surface area contributed by atoms with E-state index in [4.69, 9.17) is 5.26 Å². The fourth-order valence-electron chi connectivity index (χ4n) is 2.27. The van der Waals surface area contributed by atoms with Crippen molar-refractivity contribution in [1.29, 1.82) is 5.26 Å². The van der Waals surface area contributed by atoms with Gasteiger partial charge in [-0.3, -0.25) is 4.90 Å². The van der Waals surface area contributed by atoms with Crippen LogP contribution in [0.15, 0.2) is 0 Å². The summed E-state index contributed by atoms with van der Waals surface area (Å²) in [6.07, 6.45) is 1.19. The summed E-state index contributed by atoms with van der Waals surface area (Å²) in [6, 6.07) is 2.95. The number of piperazine rings is 1. The molecule has 0 saturated carbocycles. The van der Waals surface area contributed by atoms with Gasteiger partial charge in [0, 0.05) is 32.2 Å². The predicted molar refractivity (Wildman–Crippen MR) is 66.2 cm³/mol. The third-order valence-corrected chi connectivity index (χ3v) is 3.38. The second-order valence-corrected chi connectivity index (χ2v) is 4.54. The topological polar surface area (TPSA) is 42.3 Å². The number of nitrogens with one attached hydrogen (secondary N) is 1. The maximum absolute atomic E-state index is 9.01. The van der Waals surface area contributed by atoms with Crippen LogP contribution in [-0.2, 0) is 0 Å². The smallest absolute Gasteiger partial charge is 0.108 e. The van der Waals surface area contributed by atoms with Crippen molar-refractivity contribution in [3.8, 4) is 6.07 Å². The molecule has 1 heterocycles. The van der Waals surface area contributed by atoms with Gasteiger partial charge in [-0.05, 0) is 20.0 Å². The van der Waals surface area contributed by atoms with Gasteiger partial charge in [0.2, 0.25) is 0 Å². The van der Waals surface area contributed by atoms with E-state index >= 15 is 0 Å². The highest BCUT2D eigenvalue weighted by Crippen LogP contribution is 2.10. The third kappa shape index (κ3) is 3.75. The van der Waals surface area contributed by atoms with E-state index in [1.807, 2.05) is 6.92 Å². The van der Waals surface area contributed by atoms with Crippen LogP contribution in [-0.4, -0.2) is 61.7 Å². The first-order chi connectivity index (χ1) is 7.71. The molecule has 0 amide bonds. The summed E-state index contributed by atoms with van der Waals surface area (Å²) in [5.41, 5.74) is 0. The number of rotatable bonds is 5. The maximum atomic E-state index is 9.01. The summed E-state index contributed by atoms with van der Waals surface area (Å²) in [6.45, 7) is 9.29. The summed E-state index contributed by atoms with van der Waals surface area (Å²) in [5, 5.41) is 12.2. The predicted octanol–water partition coefficient (Wildman–Crippen LogP) is 0.514. The molecule has 92 valence electrons. The number of hydrogen-bond acceptors (Lipinski definition) is 4. The van der Waals surface area contributed by atoms with Crippen molar-refractivity contribution < 1.29 is 0 Å². The molecule has 0 aromatic carbocycles. The van der Waals surface area contributed by atoms with E-state index in [9.17, 15) is 0 Å². The molecule has 1 aliphatic heterocycles. The Bertz CT molecular complexity index is 236. The number of nitriles is 1. The van der Waals surface area contributed by atoms with Crippen LogP contribution in [0, 0.1) is 11.3 Å². The van der Waals surface area contributed by atoms with Gasteiger partial charge < -0.3 is 10.2 Å². The van der Waals surface area contributed by atoms with Crippen LogP contribution in [0.5, 0.6) is 0 Å². The fourth-order valence-corrected chi connectivity index (χ4v) is 2.27. The van der Waals surface area contributed by atoms with E-state index in [0.29, 0.717) is 6.04 Å². The highest BCUT2D eigenvalue weighted by atomic mass is 15.3. The third-order valence-electron chi connectivity index (χ3n) is 3.38. The molecule has 0 aromatic heterocycles. The van der Waals surface area contributed by atoms with E-state index in [-0.39, 0.29) is 6.04 Å². The Morgan fingerprint density at radius 3 is 2.75 bits per heavy atom. The molecule has 0 spiro atoms. The second kappa shape index (κ2) is 6.85. The lowest BCUT2D eigenvalue weighted by atomic mass is 10.1. The molecule has 16 heavy (non-hydrogen) atoms. The maximum Gasteiger partial charge on any atom is 0.108 e. The van der Waals surface area contributed by atoms with Gasteiger partial charge >= 0.3 is 0 Å². The van der Waals surface area contributed by atoms with E-state index in [2.05, 4.69) is 35.2 Å². The molecule has 1 saturated heterocycles. The first-order valence-corrected chi connectivity index (χ1v) is 6.26. The molecule has 1 aliphatic rings. The van der Waals surface area contributed by atoms with E-state index in [1.165, 1.54) is 6.42 Å². The minimum atomic E-state index is -0.0223. The molecule has 0 radical (unpaired) electrons. The molecule has 2 atom stereocenters. The molecule has 1 fully saturated rings. The largest absolute Gasteiger partial charge is 0.301 e. The van der Waals surface area contributed by atoms with Crippen molar-refractivity contribution in [2.45, 2.75) is 32.4 Å². The van der Waals surface area contributed by atoms with Gasteiger partial charge in [0.25, 0.3) is 0 Å². The lowest BCUT2D eigenvalue weighted by Gasteiger charge is -2.39. The first kappa shape index (κ1) is 13.4. The summed E-state index contributed by atoms with van der Waals surface area (Å²) >= 11 is 0. The van der Waals surface area contributed by atoms with Gasteiger partial charge in [0.1, 0.15) is 6.04 Å². The van der Waals surface area contributed by atoms with E-state index in [0.717, 1.165) is 32.7 Å². The number of likely N-dealkylation sites (N-methyl/N-ethyl adjacent to an activating group) is 2. The minimum absolute atomic E-state index is 0.0223. The monoisotopic (exact) mass is 224 g/mol. The second-order valence-electron chi connectivity index (χ2n) is 4.54.